The molecule has 2 atom stereocenters. The van der Waals surface area contributed by atoms with Gasteiger partial charge in [0.05, 0.1) is 11.7 Å². The van der Waals surface area contributed by atoms with Gasteiger partial charge in [0.2, 0.25) is 11.8 Å². The largest absolute Gasteiger partial charge is 0.385 e. The molecule has 8 nitrogen and oxygen atoms in total. The minimum Gasteiger partial charge on any atom is -0.385 e. The number of rotatable bonds is 5. The quantitative estimate of drug-likeness (QED) is 0.765. The van der Waals surface area contributed by atoms with Crippen LogP contribution in [0.25, 0.3) is 0 Å². The fourth-order valence-electron chi connectivity index (χ4n) is 3.10. The Labute approximate surface area is 140 Å². The summed E-state index contributed by atoms with van der Waals surface area (Å²) in [5, 5.41) is 16.9. The molecule has 1 aliphatic rings. The lowest BCUT2D eigenvalue weighted by Gasteiger charge is -2.36. The van der Waals surface area contributed by atoms with Crippen LogP contribution in [-0.4, -0.2) is 50.2 Å². The Bertz CT molecular complexity index is 661. The van der Waals surface area contributed by atoms with Crippen molar-refractivity contribution in [3.63, 3.8) is 0 Å². The van der Waals surface area contributed by atoms with Crippen LogP contribution in [0.1, 0.15) is 37.4 Å². The summed E-state index contributed by atoms with van der Waals surface area (Å²) in [7, 11) is 0. The van der Waals surface area contributed by atoms with Gasteiger partial charge in [-0.05, 0) is 45.7 Å². The number of aliphatic hydroxyl groups is 1. The third kappa shape index (κ3) is 3.65. The van der Waals surface area contributed by atoms with E-state index >= 15 is 0 Å². The number of likely N-dealkylation sites (tertiary alicyclic amines) is 1. The summed E-state index contributed by atoms with van der Waals surface area (Å²) in [4.78, 5) is 21.5. The van der Waals surface area contributed by atoms with E-state index in [0.29, 0.717) is 11.7 Å². The molecule has 2 aromatic rings. The number of nitrogens with one attached hydrogen (secondary N) is 2. The fourth-order valence-corrected chi connectivity index (χ4v) is 3.10. The number of H-pyrrole nitrogens is 1. The van der Waals surface area contributed by atoms with Gasteiger partial charge in [0, 0.05) is 18.5 Å². The highest BCUT2D eigenvalue weighted by Gasteiger charge is 2.31. The molecular weight excluding hydrogens is 310 g/mol. The first kappa shape index (κ1) is 16.7. The number of anilines is 1. The van der Waals surface area contributed by atoms with E-state index in [1.54, 1.807) is 25.4 Å². The average Bonchev–Trinajstić information content (AvgIpc) is 3.25. The minimum atomic E-state index is -0.580. The molecule has 8 heteroatoms. The molecule has 3 rings (SSSR count). The van der Waals surface area contributed by atoms with Gasteiger partial charge in [0.25, 0.3) is 0 Å². The molecule has 24 heavy (non-hydrogen) atoms. The lowest BCUT2D eigenvalue weighted by molar-refractivity contribution is -0.121. The first-order valence-corrected chi connectivity index (χ1v) is 8.20. The van der Waals surface area contributed by atoms with Crippen LogP contribution in [0, 0.1) is 12.8 Å². The first-order chi connectivity index (χ1) is 11.5. The molecule has 1 aliphatic heterocycles. The Morgan fingerprint density at radius 3 is 2.83 bits per heavy atom. The lowest BCUT2D eigenvalue weighted by Crippen LogP contribution is -2.46. The Morgan fingerprint density at radius 1 is 1.50 bits per heavy atom. The zero-order valence-electron chi connectivity index (χ0n) is 13.9. The van der Waals surface area contributed by atoms with Crippen molar-refractivity contribution in [1.29, 1.82) is 0 Å². The highest BCUT2D eigenvalue weighted by molar-refractivity contribution is 5.93. The predicted molar refractivity (Wildman–Crippen MR) is 87.2 cm³/mol. The molecule has 2 unspecified atom stereocenters. The molecule has 0 aliphatic carbocycles. The molecule has 2 aromatic heterocycles. The topological polar surface area (TPSA) is 107 Å². The fraction of sp³-hybridized carbons (Fsp3) is 0.562. The summed E-state index contributed by atoms with van der Waals surface area (Å²) in [5.41, 5.74) is 0.727. The Morgan fingerprint density at radius 2 is 2.25 bits per heavy atom. The van der Waals surface area contributed by atoms with Gasteiger partial charge >= 0.3 is 0 Å². The van der Waals surface area contributed by atoms with Crippen molar-refractivity contribution in [3.05, 3.63) is 30.0 Å². The maximum atomic E-state index is 12.3. The van der Waals surface area contributed by atoms with Gasteiger partial charge in [0.1, 0.15) is 11.9 Å². The number of aliphatic hydroxyl groups excluding tert-OH is 1. The predicted octanol–water partition coefficient (Wildman–Crippen LogP) is 1.48. The summed E-state index contributed by atoms with van der Waals surface area (Å²) in [6.45, 7) is 5.19. The smallest absolute Gasteiger partial charge is 0.243 e. The third-order valence-corrected chi connectivity index (χ3v) is 4.62. The van der Waals surface area contributed by atoms with Crippen molar-refractivity contribution in [3.8, 4) is 0 Å². The third-order valence-electron chi connectivity index (χ3n) is 4.62. The van der Waals surface area contributed by atoms with E-state index in [-0.39, 0.29) is 17.9 Å². The highest BCUT2D eigenvalue weighted by Crippen LogP contribution is 2.29. The van der Waals surface area contributed by atoms with Gasteiger partial charge in [-0.15, -0.1) is 0 Å². The van der Waals surface area contributed by atoms with E-state index in [0.717, 1.165) is 31.6 Å². The van der Waals surface area contributed by atoms with Crippen molar-refractivity contribution < 1.29 is 14.4 Å². The van der Waals surface area contributed by atoms with Crippen LogP contribution in [0.4, 0.5) is 5.88 Å². The van der Waals surface area contributed by atoms with Gasteiger partial charge < -0.3 is 14.6 Å². The molecule has 1 fully saturated rings. The molecular formula is C16H23N5O3. The number of nitrogens with zero attached hydrogens (tertiary/aromatic N) is 3. The highest BCUT2D eigenvalue weighted by atomic mass is 16.5. The maximum absolute atomic E-state index is 12.3. The number of aryl methyl sites for hydroxylation is 1. The van der Waals surface area contributed by atoms with Crippen LogP contribution in [-0.2, 0) is 4.79 Å². The molecule has 0 spiro atoms. The van der Waals surface area contributed by atoms with Gasteiger partial charge in [-0.25, -0.2) is 4.98 Å². The van der Waals surface area contributed by atoms with Crippen molar-refractivity contribution in [2.45, 2.75) is 38.8 Å². The normalized spacial score (nSPS) is 19.1. The Hall–Kier alpha value is -2.19. The van der Waals surface area contributed by atoms with E-state index in [1.807, 2.05) is 6.92 Å². The summed E-state index contributed by atoms with van der Waals surface area (Å²) in [6, 6.07) is 1.42. The zero-order valence-corrected chi connectivity index (χ0v) is 13.9. The number of imidazole rings is 1. The molecule has 130 valence electrons. The van der Waals surface area contributed by atoms with Crippen LogP contribution in [0.2, 0.25) is 0 Å². The van der Waals surface area contributed by atoms with E-state index < -0.39 is 6.10 Å². The Balaban J connectivity index is 1.51. The van der Waals surface area contributed by atoms with Crippen LogP contribution in [0.15, 0.2) is 23.0 Å². The SMILES string of the molecule is Cc1cc(NC(=O)C(C)N2CCC(C(O)c3ncc[nH]3)CC2)on1. The first-order valence-electron chi connectivity index (χ1n) is 8.20. The van der Waals surface area contributed by atoms with Crippen molar-refractivity contribution >= 4 is 11.8 Å². The van der Waals surface area contributed by atoms with Gasteiger partial charge in [-0.1, -0.05) is 5.16 Å². The molecule has 0 radical (unpaired) electrons. The number of carbonyl (C=O) groups excluding carboxylic acids is 1. The van der Waals surface area contributed by atoms with Crippen LogP contribution < -0.4 is 5.32 Å². The van der Waals surface area contributed by atoms with E-state index in [4.69, 9.17) is 4.52 Å². The molecule has 3 heterocycles. The van der Waals surface area contributed by atoms with Gasteiger partial charge in [-0.3, -0.25) is 15.0 Å². The van der Waals surface area contributed by atoms with Crippen molar-refractivity contribution in [2.24, 2.45) is 5.92 Å². The number of piperidine rings is 1. The van der Waals surface area contributed by atoms with Gasteiger partial charge in [0.15, 0.2) is 0 Å². The van der Waals surface area contributed by atoms with Crippen LogP contribution in [0.5, 0.6) is 0 Å². The zero-order chi connectivity index (χ0) is 17.1. The summed E-state index contributed by atoms with van der Waals surface area (Å²) < 4.78 is 5.02. The molecule has 1 amide bonds. The maximum Gasteiger partial charge on any atom is 0.243 e. The summed E-state index contributed by atoms with van der Waals surface area (Å²) >= 11 is 0. The minimum absolute atomic E-state index is 0.115. The number of hydrogen-bond acceptors (Lipinski definition) is 6. The second-order valence-electron chi connectivity index (χ2n) is 6.29. The number of carbonyl (C=O) groups is 1. The number of aromatic nitrogens is 3. The standard InChI is InChI=1S/C16H23N5O3/c1-10-9-13(24-20-10)19-16(23)11(2)21-7-3-12(4-8-21)14(22)15-17-5-6-18-15/h5-6,9,11-12,14,22H,3-4,7-8H2,1-2H3,(H,17,18)(H,19,23). The Kier molecular flexibility index (Phi) is 4.96. The van der Waals surface area contributed by atoms with Gasteiger partial charge in [-0.2, -0.15) is 0 Å². The van der Waals surface area contributed by atoms with E-state index in [9.17, 15) is 9.90 Å². The van der Waals surface area contributed by atoms with Crippen LogP contribution in [0.3, 0.4) is 0 Å². The number of aromatic amines is 1. The van der Waals surface area contributed by atoms with Crippen LogP contribution >= 0.6 is 0 Å². The summed E-state index contributed by atoms with van der Waals surface area (Å²) in [5.74, 6) is 1.02. The second-order valence-corrected chi connectivity index (χ2v) is 6.29. The van der Waals surface area contributed by atoms with Crippen molar-refractivity contribution in [1.82, 2.24) is 20.0 Å². The average molecular weight is 333 g/mol. The van der Waals surface area contributed by atoms with E-state index in [1.165, 1.54) is 0 Å². The molecule has 3 N–H and O–H groups in total. The number of amides is 1. The summed E-state index contributed by atoms with van der Waals surface area (Å²) in [6.07, 6.45) is 4.42. The second kappa shape index (κ2) is 7.14. The molecule has 0 aromatic carbocycles. The molecule has 0 bridgehead atoms. The molecule has 1 saturated heterocycles. The van der Waals surface area contributed by atoms with Crippen molar-refractivity contribution in [2.75, 3.05) is 18.4 Å². The number of hydrogen-bond donors (Lipinski definition) is 3. The monoisotopic (exact) mass is 333 g/mol. The van der Waals surface area contributed by atoms with E-state index in [2.05, 4.69) is 25.3 Å². The lowest BCUT2D eigenvalue weighted by atomic mass is 9.90. The molecule has 0 saturated carbocycles.